The normalized spacial score (nSPS) is 12.4. The van der Waals surface area contributed by atoms with Crippen LogP contribution in [0, 0.1) is 5.92 Å². The zero-order chi connectivity index (χ0) is 12.0. The van der Waals surface area contributed by atoms with Crippen molar-refractivity contribution in [1.29, 1.82) is 0 Å². The highest BCUT2D eigenvalue weighted by Gasteiger charge is 2.17. The molecule has 1 atom stereocenters. The van der Waals surface area contributed by atoms with Crippen molar-refractivity contribution in [2.75, 3.05) is 11.9 Å². The van der Waals surface area contributed by atoms with E-state index in [1.54, 1.807) is 0 Å². The van der Waals surface area contributed by atoms with E-state index in [4.69, 9.17) is 5.73 Å². The first-order chi connectivity index (χ1) is 7.71. The molecule has 0 bridgehead atoms. The van der Waals surface area contributed by atoms with Crippen LogP contribution in [0.5, 0.6) is 0 Å². The lowest BCUT2D eigenvalue weighted by Gasteiger charge is -2.11. The molecule has 0 saturated heterocycles. The lowest BCUT2D eigenvalue weighted by atomic mass is 10.0. The fourth-order valence-corrected chi connectivity index (χ4v) is 2.04. The van der Waals surface area contributed by atoms with Gasteiger partial charge in [-0.15, -0.1) is 10.2 Å². The number of anilines is 1. The predicted octanol–water partition coefficient (Wildman–Crippen LogP) is 1.41. The number of nitrogens with zero attached hydrogens (tertiary/aromatic N) is 2. The van der Waals surface area contributed by atoms with Gasteiger partial charge in [0.1, 0.15) is 5.01 Å². The molecule has 0 spiro atoms. The number of nitrogens with two attached hydrogens (primary N) is 1. The average Bonchev–Trinajstić information content (AvgIpc) is 2.73. The van der Waals surface area contributed by atoms with Gasteiger partial charge in [0.05, 0.1) is 5.92 Å². The van der Waals surface area contributed by atoms with E-state index in [0.717, 1.165) is 24.3 Å². The van der Waals surface area contributed by atoms with Crippen molar-refractivity contribution >= 4 is 22.4 Å². The summed E-state index contributed by atoms with van der Waals surface area (Å²) in [5.41, 5.74) is 5.55. The molecular formula is C10H18N4OS. The number of carbonyl (C=O) groups excluding carboxylic acids is 1. The number of hydrogen-bond donors (Lipinski definition) is 2. The standard InChI is InChI=1S/C10H18N4OS/c1-3-5-7(6-11)9(15)12-10-14-13-8(4-2)16-10/h7H,3-6,11H2,1-2H3,(H,12,14,15). The minimum Gasteiger partial charge on any atom is -0.330 e. The summed E-state index contributed by atoms with van der Waals surface area (Å²) < 4.78 is 0. The monoisotopic (exact) mass is 242 g/mol. The second-order valence-corrected chi connectivity index (χ2v) is 4.63. The van der Waals surface area contributed by atoms with Crippen LogP contribution in [0.15, 0.2) is 0 Å². The Morgan fingerprint density at radius 3 is 2.75 bits per heavy atom. The molecule has 1 aromatic rings. The van der Waals surface area contributed by atoms with Gasteiger partial charge < -0.3 is 11.1 Å². The molecule has 0 saturated carbocycles. The maximum Gasteiger partial charge on any atom is 0.230 e. The Kier molecular flexibility index (Phi) is 5.34. The van der Waals surface area contributed by atoms with E-state index in [-0.39, 0.29) is 11.8 Å². The van der Waals surface area contributed by atoms with Crippen molar-refractivity contribution in [1.82, 2.24) is 10.2 Å². The van der Waals surface area contributed by atoms with E-state index in [1.807, 2.05) is 13.8 Å². The van der Waals surface area contributed by atoms with Gasteiger partial charge in [0.15, 0.2) is 0 Å². The Morgan fingerprint density at radius 1 is 1.50 bits per heavy atom. The summed E-state index contributed by atoms with van der Waals surface area (Å²) in [6.45, 7) is 4.42. The van der Waals surface area contributed by atoms with E-state index < -0.39 is 0 Å². The van der Waals surface area contributed by atoms with Gasteiger partial charge in [0.2, 0.25) is 11.0 Å². The number of aryl methyl sites for hydroxylation is 1. The van der Waals surface area contributed by atoms with Crippen LogP contribution in [0.2, 0.25) is 0 Å². The van der Waals surface area contributed by atoms with Gasteiger partial charge in [0, 0.05) is 6.54 Å². The van der Waals surface area contributed by atoms with Crippen molar-refractivity contribution in [3.8, 4) is 0 Å². The lowest BCUT2D eigenvalue weighted by molar-refractivity contribution is -0.119. The summed E-state index contributed by atoms with van der Waals surface area (Å²) in [5.74, 6) is -0.179. The Morgan fingerprint density at radius 2 is 2.25 bits per heavy atom. The molecule has 0 aliphatic carbocycles. The number of rotatable bonds is 6. The van der Waals surface area contributed by atoms with Crippen LogP contribution in [-0.2, 0) is 11.2 Å². The smallest absolute Gasteiger partial charge is 0.230 e. The maximum absolute atomic E-state index is 11.8. The molecule has 1 rings (SSSR count). The van der Waals surface area contributed by atoms with Gasteiger partial charge in [-0.25, -0.2) is 0 Å². The van der Waals surface area contributed by atoms with E-state index in [2.05, 4.69) is 15.5 Å². The predicted molar refractivity (Wildman–Crippen MR) is 65.4 cm³/mol. The maximum atomic E-state index is 11.8. The summed E-state index contributed by atoms with van der Waals surface area (Å²) in [5, 5.41) is 12.1. The molecule has 1 aromatic heterocycles. The number of aromatic nitrogens is 2. The molecule has 0 aromatic carbocycles. The summed E-state index contributed by atoms with van der Waals surface area (Å²) in [6, 6.07) is 0. The third kappa shape index (κ3) is 3.53. The first-order valence-corrected chi connectivity index (χ1v) is 6.36. The Bertz CT molecular complexity index is 339. The molecule has 0 fully saturated rings. The molecule has 5 nitrogen and oxygen atoms in total. The summed E-state index contributed by atoms with van der Waals surface area (Å²) in [4.78, 5) is 11.8. The Balaban J connectivity index is 2.55. The van der Waals surface area contributed by atoms with Crippen molar-refractivity contribution in [2.24, 2.45) is 11.7 Å². The number of amides is 1. The molecule has 6 heteroatoms. The first kappa shape index (κ1) is 13.1. The Labute approximate surface area is 99.5 Å². The van der Waals surface area contributed by atoms with Gasteiger partial charge in [-0.3, -0.25) is 4.79 Å². The van der Waals surface area contributed by atoms with Crippen LogP contribution in [0.4, 0.5) is 5.13 Å². The first-order valence-electron chi connectivity index (χ1n) is 5.54. The van der Waals surface area contributed by atoms with E-state index in [1.165, 1.54) is 11.3 Å². The minimum atomic E-state index is -0.126. The second-order valence-electron chi connectivity index (χ2n) is 3.57. The van der Waals surface area contributed by atoms with Crippen LogP contribution in [0.1, 0.15) is 31.7 Å². The third-order valence-corrected chi connectivity index (χ3v) is 3.27. The zero-order valence-electron chi connectivity index (χ0n) is 9.69. The molecule has 1 amide bonds. The second kappa shape index (κ2) is 6.55. The van der Waals surface area contributed by atoms with E-state index >= 15 is 0 Å². The molecule has 3 N–H and O–H groups in total. The van der Waals surface area contributed by atoms with Crippen LogP contribution in [-0.4, -0.2) is 22.6 Å². The van der Waals surface area contributed by atoms with E-state index in [0.29, 0.717) is 11.7 Å². The van der Waals surface area contributed by atoms with Gasteiger partial charge in [-0.1, -0.05) is 31.6 Å². The summed E-state index contributed by atoms with van der Waals surface area (Å²) in [6.07, 6.45) is 2.59. The molecule has 0 radical (unpaired) electrons. The van der Waals surface area contributed by atoms with Crippen molar-refractivity contribution in [3.05, 3.63) is 5.01 Å². The molecule has 0 aliphatic heterocycles. The van der Waals surface area contributed by atoms with Crippen LogP contribution >= 0.6 is 11.3 Å². The highest BCUT2D eigenvalue weighted by Crippen LogP contribution is 2.17. The quantitative estimate of drug-likeness (QED) is 0.790. The topological polar surface area (TPSA) is 80.9 Å². The van der Waals surface area contributed by atoms with Crippen LogP contribution in [0.3, 0.4) is 0 Å². The third-order valence-electron chi connectivity index (χ3n) is 2.29. The summed E-state index contributed by atoms with van der Waals surface area (Å²) >= 11 is 1.41. The fourth-order valence-electron chi connectivity index (χ4n) is 1.36. The Hall–Kier alpha value is -1.01. The van der Waals surface area contributed by atoms with Gasteiger partial charge in [-0.2, -0.15) is 0 Å². The molecule has 16 heavy (non-hydrogen) atoms. The fraction of sp³-hybridized carbons (Fsp3) is 0.700. The molecular weight excluding hydrogens is 224 g/mol. The zero-order valence-corrected chi connectivity index (χ0v) is 10.5. The molecule has 90 valence electrons. The lowest BCUT2D eigenvalue weighted by Crippen LogP contribution is -2.29. The summed E-state index contributed by atoms with van der Waals surface area (Å²) in [7, 11) is 0. The van der Waals surface area contributed by atoms with Gasteiger partial charge >= 0.3 is 0 Å². The van der Waals surface area contributed by atoms with Crippen molar-refractivity contribution in [3.63, 3.8) is 0 Å². The molecule has 0 aliphatic rings. The molecule has 1 unspecified atom stereocenters. The largest absolute Gasteiger partial charge is 0.330 e. The number of nitrogens with one attached hydrogen (secondary N) is 1. The van der Waals surface area contributed by atoms with Crippen LogP contribution in [0.25, 0.3) is 0 Å². The number of carbonyl (C=O) groups is 1. The average molecular weight is 242 g/mol. The highest BCUT2D eigenvalue weighted by molar-refractivity contribution is 7.15. The number of hydrogen-bond acceptors (Lipinski definition) is 5. The van der Waals surface area contributed by atoms with Gasteiger partial charge in [0.25, 0.3) is 0 Å². The van der Waals surface area contributed by atoms with Crippen LogP contribution < -0.4 is 11.1 Å². The van der Waals surface area contributed by atoms with Crippen molar-refractivity contribution in [2.45, 2.75) is 33.1 Å². The highest BCUT2D eigenvalue weighted by atomic mass is 32.1. The van der Waals surface area contributed by atoms with Gasteiger partial charge in [-0.05, 0) is 12.8 Å². The molecule has 1 heterocycles. The van der Waals surface area contributed by atoms with E-state index in [9.17, 15) is 4.79 Å². The minimum absolute atomic E-state index is 0.0526. The van der Waals surface area contributed by atoms with Crippen molar-refractivity contribution < 1.29 is 4.79 Å². The SMILES string of the molecule is CCCC(CN)C(=O)Nc1nnc(CC)s1.